The van der Waals surface area contributed by atoms with Crippen LogP contribution in [0.4, 0.5) is 11.4 Å². The van der Waals surface area contributed by atoms with Crippen LogP contribution in [0.15, 0.2) is 97.1 Å². The Morgan fingerprint density at radius 2 is 1.43 bits per heavy atom. The second-order valence-electron chi connectivity index (χ2n) is 8.54. The van der Waals surface area contributed by atoms with Crippen LogP contribution >= 0.6 is 0 Å². The Kier molecular flexibility index (Phi) is 6.61. The molecule has 1 aliphatic heterocycles. The van der Waals surface area contributed by atoms with Gasteiger partial charge in [-0.3, -0.25) is 9.59 Å². The van der Waals surface area contributed by atoms with Gasteiger partial charge >= 0.3 is 0 Å². The van der Waals surface area contributed by atoms with E-state index in [9.17, 15) is 9.59 Å². The van der Waals surface area contributed by atoms with Crippen LogP contribution in [0, 0.1) is 0 Å². The summed E-state index contributed by atoms with van der Waals surface area (Å²) in [5, 5.41) is 5.09. The van der Waals surface area contributed by atoms with Crippen molar-refractivity contribution in [1.29, 1.82) is 0 Å². The number of hydrogen-bond donors (Lipinski definition) is 1. The van der Waals surface area contributed by atoms with Crippen molar-refractivity contribution in [3.05, 3.63) is 103 Å². The fraction of sp³-hybridized carbons (Fsp3) is 0.172. The Bertz CT molecular complexity index is 1310. The molecule has 1 fully saturated rings. The van der Waals surface area contributed by atoms with Crippen molar-refractivity contribution < 1.29 is 14.3 Å². The van der Waals surface area contributed by atoms with Crippen LogP contribution in [-0.2, 0) is 4.79 Å². The van der Waals surface area contributed by atoms with E-state index in [1.165, 1.54) is 0 Å². The predicted octanol–water partition coefficient (Wildman–Crippen LogP) is 4.82. The molecule has 1 saturated heterocycles. The smallest absolute Gasteiger partial charge is 0.262 e. The number of carbonyl (C=O) groups is 2. The lowest BCUT2D eigenvalue weighted by atomic mass is 10.1. The molecule has 0 aliphatic carbocycles. The Morgan fingerprint density at radius 1 is 0.743 bits per heavy atom. The number of nitrogens with zero attached hydrogens (tertiary/aromatic N) is 2. The van der Waals surface area contributed by atoms with Gasteiger partial charge in [-0.2, -0.15) is 0 Å². The summed E-state index contributed by atoms with van der Waals surface area (Å²) in [6, 6.07) is 31.0. The maximum atomic E-state index is 12.6. The van der Waals surface area contributed by atoms with Crippen LogP contribution < -0.4 is 15.0 Å². The molecule has 5 rings (SSSR count). The molecule has 0 radical (unpaired) electrons. The van der Waals surface area contributed by atoms with Crippen LogP contribution in [0.2, 0.25) is 0 Å². The largest absolute Gasteiger partial charge is 0.484 e. The highest BCUT2D eigenvalue weighted by atomic mass is 16.5. The molecule has 0 unspecified atom stereocenters. The Morgan fingerprint density at radius 3 is 2.17 bits per heavy atom. The first-order chi connectivity index (χ1) is 17.2. The minimum Gasteiger partial charge on any atom is -0.484 e. The molecular formula is C29H27N3O3. The van der Waals surface area contributed by atoms with Crippen molar-refractivity contribution in [3.8, 4) is 5.75 Å². The van der Waals surface area contributed by atoms with Crippen molar-refractivity contribution in [1.82, 2.24) is 4.90 Å². The monoisotopic (exact) mass is 465 g/mol. The molecule has 0 atom stereocenters. The van der Waals surface area contributed by atoms with Crippen molar-refractivity contribution in [2.45, 2.75) is 0 Å². The second-order valence-corrected chi connectivity index (χ2v) is 8.54. The molecular weight excluding hydrogens is 438 g/mol. The zero-order chi connectivity index (χ0) is 24.0. The van der Waals surface area contributed by atoms with Gasteiger partial charge < -0.3 is 19.9 Å². The van der Waals surface area contributed by atoms with Gasteiger partial charge in [-0.25, -0.2) is 0 Å². The third kappa shape index (κ3) is 5.44. The molecule has 6 nitrogen and oxygen atoms in total. The number of piperazine rings is 1. The molecule has 35 heavy (non-hydrogen) atoms. The molecule has 6 heteroatoms. The summed E-state index contributed by atoms with van der Waals surface area (Å²) in [4.78, 5) is 29.2. The topological polar surface area (TPSA) is 61.9 Å². The van der Waals surface area contributed by atoms with Crippen LogP contribution in [0.3, 0.4) is 0 Å². The van der Waals surface area contributed by atoms with Crippen molar-refractivity contribution in [2.75, 3.05) is 43.0 Å². The summed E-state index contributed by atoms with van der Waals surface area (Å²) < 4.78 is 5.68. The average molecular weight is 466 g/mol. The van der Waals surface area contributed by atoms with Gasteiger partial charge in [-0.15, -0.1) is 0 Å². The Hall–Kier alpha value is -4.32. The lowest BCUT2D eigenvalue weighted by Gasteiger charge is -2.36. The van der Waals surface area contributed by atoms with Gasteiger partial charge in [-0.05, 0) is 59.3 Å². The molecule has 0 saturated carbocycles. The van der Waals surface area contributed by atoms with E-state index in [1.54, 1.807) is 0 Å². The van der Waals surface area contributed by atoms with Gasteiger partial charge in [0.2, 0.25) is 0 Å². The Labute approximate surface area is 204 Å². The zero-order valence-electron chi connectivity index (χ0n) is 19.4. The van der Waals surface area contributed by atoms with E-state index in [4.69, 9.17) is 4.74 Å². The fourth-order valence-electron chi connectivity index (χ4n) is 4.29. The van der Waals surface area contributed by atoms with Crippen LogP contribution in [0.1, 0.15) is 10.4 Å². The van der Waals surface area contributed by atoms with Crippen LogP contribution in [0.25, 0.3) is 10.8 Å². The lowest BCUT2D eigenvalue weighted by molar-refractivity contribution is -0.118. The van der Waals surface area contributed by atoms with Gasteiger partial charge in [0.05, 0.1) is 0 Å². The van der Waals surface area contributed by atoms with Gasteiger partial charge in [0, 0.05) is 43.1 Å². The Balaban J connectivity index is 1.11. The number of fused-ring (bicyclic) bond motifs is 1. The van der Waals surface area contributed by atoms with E-state index in [0.717, 1.165) is 40.8 Å². The number of hydrogen-bond acceptors (Lipinski definition) is 4. The summed E-state index contributed by atoms with van der Waals surface area (Å²) in [7, 11) is 0. The third-order valence-electron chi connectivity index (χ3n) is 6.19. The molecule has 1 N–H and O–H groups in total. The molecule has 1 aliphatic rings. The quantitative estimate of drug-likeness (QED) is 0.444. The molecule has 0 aromatic heterocycles. The normalized spacial score (nSPS) is 13.5. The van der Waals surface area contributed by atoms with E-state index >= 15 is 0 Å². The minimum atomic E-state index is -0.209. The number of nitrogens with one attached hydrogen (secondary N) is 1. The van der Waals surface area contributed by atoms with Gasteiger partial charge in [0.25, 0.3) is 11.8 Å². The van der Waals surface area contributed by atoms with Gasteiger partial charge in [0.15, 0.2) is 6.61 Å². The molecule has 0 bridgehead atoms. The summed E-state index contributed by atoms with van der Waals surface area (Å²) in [5.41, 5.74) is 2.52. The van der Waals surface area contributed by atoms with E-state index in [0.29, 0.717) is 18.8 Å². The van der Waals surface area contributed by atoms with Gasteiger partial charge in [0.1, 0.15) is 5.75 Å². The van der Waals surface area contributed by atoms with E-state index < -0.39 is 0 Å². The van der Waals surface area contributed by atoms with E-state index in [-0.39, 0.29) is 18.4 Å². The maximum absolute atomic E-state index is 12.6. The van der Waals surface area contributed by atoms with Crippen molar-refractivity contribution >= 4 is 34.0 Å². The highest BCUT2D eigenvalue weighted by molar-refractivity contribution is 5.94. The summed E-state index contributed by atoms with van der Waals surface area (Å²) in [6.45, 7) is 2.84. The van der Waals surface area contributed by atoms with Gasteiger partial charge in [-0.1, -0.05) is 48.5 Å². The lowest BCUT2D eigenvalue weighted by Crippen LogP contribution is -2.48. The first-order valence-electron chi connectivity index (χ1n) is 11.8. The van der Waals surface area contributed by atoms with E-state index in [2.05, 4.69) is 10.2 Å². The van der Waals surface area contributed by atoms with Crippen LogP contribution in [0.5, 0.6) is 5.75 Å². The molecule has 176 valence electrons. The third-order valence-corrected chi connectivity index (χ3v) is 6.19. The first kappa shape index (κ1) is 22.5. The number of anilines is 2. The first-order valence-corrected chi connectivity index (χ1v) is 11.8. The number of rotatable bonds is 6. The SMILES string of the molecule is O=C(COc1ccc2ccccc2c1)Nc1ccc(N2CCN(C(=O)c3ccccc3)CC2)cc1. The molecule has 0 spiro atoms. The molecule has 4 aromatic rings. The van der Waals surface area contributed by atoms with E-state index in [1.807, 2.05) is 102 Å². The number of carbonyl (C=O) groups excluding carboxylic acids is 2. The van der Waals surface area contributed by atoms with Crippen molar-refractivity contribution in [3.63, 3.8) is 0 Å². The highest BCUT2D eigenvalue weighted by Crippen LogP contribution is 2.22. The average Bonchev–Trinajstić information content (AvgIpc) is 2.92. The summed E-state index contributed by atoms with van der Waals surface area (Å²) in [5.74, 6) is 0.534. The number of amides is 2. The second kappa shape index (κ2) is 10.3. The minimum absolute atomic E-state index is 0.0580. The predicted molar refractivity (Wildman–Crippen MR) is 139 cm³/mol. The number of ether oxygens (including phenoxy) is 1. The standard InChI is InChI=1S/C29H27N3O3/c33-28(21-35-27-15-10-22-6-4-5-9-24(22)20-27)30-25-11-13-26(14-12-25)31-16-18-32(19-17-31)29(34)23-7-2-1-3-8-23/h1-15,20H,16-19,21H2,(H,30,33). The summed E-state index contributed by atoms with van der Waals surface area (Å²) >= 11 is 0. The molecule has 4 aromatic carbocycles. The maximum Gasteiger partial charge on any atom is 0.262 e. The zero-order valence-corrected chi connectivity index (χ0v) is 19.4. The highest BCUT2D eigenvalue weighted by Gasteiger charge is 2.22. The molecule has 1 heterocycles. The summed E-state index contributed by atoms with van der Waals surface area (Å²) in [6.07, 6.45) is 0. The van der Waals surface area contributed by atoms with Crippen LogP contribution in [-0.4, -0.2) is 49.5 Å². The molecule has 2 amide bonds. The number of benzene rings is 4. The fourth-order valence-corrected chi connectivity index (χ4v) is 4.29. The van der Waals surface area contributed by atoms with Crippen molar-refractivity contribution in [2.24, 2.45) is 0 Å².